The fraction of sp³-hybridized carbons (Fsp3) is 0.333. The number of rotatable bonds is 3. The summed E-state index contributed by atoms with van der Waals surface area (Å²) in [6.45, 7) is 0.513. The molecule has 2 rings (SSSR count). The van der Waals surface area contributed by atoms with Crippen molar-refractivity contribution in [2.75, 3.05) is 13.9 Å². The van der Waals surface area contributed by atoms with E-state index in [9.17, 15) is 5.11 Å². The second-order valence-corrected chi connectivity index (χ2v) is 3.80. The third-order valence-corrected chi connectivity index (χ3v) is 2.68. The topological polar surface area (TPSA) is 60.0 Å². The van der Waals surface area contributed by atoms with Crippen LogP contribution in [0.4, 0.5) is 0 Å². The molecule has 0 aliphatic carbocycles. The van der Waals surface area contributed by atoms with E-state index in [1.165, 1.54) is 7.11 Å². The van der Waals surface area contributed by atoms with Gasteiger partial charge in [-0.3, -0.25) is 0 Å². The Bertz CT molecular complexity index is 383. The quantitative estimate of drug-likeness (QED) is 0.820. The van der Waals surface area contributed by atoms with Gasteiger partial charge in [0.25, 0.3) is 0 Å². The fourth-order valence-electron chi connectivity index (χ4n) is 1.38. The van der Waals surface area contributed by atoms with Crippen molar-refractivity contribution in [2.24, 2.45) is 0 Å². The number of phenols is 1. The molecule has 6 heteroatoms. The van der Waals surface area contributed by atoms with Crippen LogP contribution in [0.25, 0.3) is 0 Å². The van der Waals surface area contributed by atoms with Gasteiger partial charge in [-0.1, -0.05) is 0 Å². The molecular formula is C9H10BrNO4. The zero-order valence-corrected chi connectivity index (χ0v) is 9.63. The molecule has 0 bridgehead atoms. The second-order valence-electron chi connectivity index (χ2n) is 2.94. The molecule has 0 unspecified atom stereocenters. The number of hydrogen-bond acceptors (Lipinski definition) is 5. The molecule has 15 heavy (non-hydrogen) atoms. The Morgan fingerprint density at radius 1 is 1.60 bits per heavy atom. The Kier molecular flexibility index (Phi) is 2.99. The molecule has 0 saturated heterocycles. The maximum Gasteiger partial charge on any atom is 0.231 e. The van der Waals surface area contributed by atoms with E-state index in [-0.39, 0.29) is 12.5 Å². The van der Waals surface area contributed by atoms with Gasteiger partial charge >= 0.3 is 0 Å². The van der Waals surface area contributed by atoms with Gasteiger partial charge in [-0.25, -0.2) is 0 Å². The van der Waals surface area contributed by atoms with Crippen LogP contribution in [0.5, 0.6) is 17.2 Å². The zero-order chi connectivity index (χ0) is 10.8. The van der Waals surface area contributed by atoms with Gasteiger partial charge in [0.2, 0.25) is 6.79 Å². The van der Waals surface area contributed by atoms with Crippen molar-refractivity contribution in [2.45, 2.75) is 6.54 Å². The predicted molar refractivity (Wildman–Crippen MR) is 55.8 cm³/mol. The smallest absolute Gasteiger partial charge is 0.231 e. The third kappa shape index (κ3) is 1.88. The molecule has 82 valence electrons. The number of halogens is 1. The summed E-state index contributed by atoms with van der Waals surface area (Å²) in [5.74, 6) is 1.30. The van der Waals surface area contributed by atoms with Gasteiger partial charge in [-0.15, -0.1) is 0 Å². The lowest BCUT2D eigenvalue weighted by atomic mass is 10.1. The molecule has 0 aromatic heterocycles. The van der Waals surface area contributed by atoms with E-state index in [0.29, 0.717) is 28.1 Å². The number of aromatic hydroxyl groups is 1. The monoisotopic (exact) mass is 275 g/mol. The van der Waals surface area contributed by atoms with Crippen molar-refractivity contribution >= 4 is 15.9 Å². The zero-order valence-electron chi connectivity index (χ0n) is 8.04. The Morgan fingerprint density at radius 3 is 3.13 bits per heavy atom. The number of phenolic OH excluding ortho intramolecular Hbond substituents is 1. The average Bonchev–Trinajstić information content (AvgIpc) is 2.66. The minimum Gasteiger partial charge on any atom is -0.506 e. The summed E-state index contributed by atoms with van der Waals surface area (Å²) in [4.78, 5) is 4.73. The van der Waals surface area contributed by atoms with E-state index in [4.69, 9.17) is 14.3 Å². The third-order valence-electron chi connectivity index (χ3n) is 2.08. The van der Waals surface area contributed by atoms with E-state index >= 15 is 0 Å². The molecule has 0 saturated carbocycles. The second kappa shape index (κ2) is 4.26. The van der Waals surface area contributed by atoms with Crippen LogP contribution in [0.15, 0.2) is 10.5 Å². The van der Waals surface area contributed by atoms with Gasteiger partial charge in [-0.05, 0) is 15.9 Å². The summed E-state index contributed by atoms with van der Waals surface area (Å²) >= 11 is 3.24. The van der Waals surface area contributed by atoms with Gasteiger partial charge in [0, 0.05) is 6.07 Å². The van der Waals surface area contributed by atoms with Crippen molar-refractivity contribution in [3.8, 4) is 17.2 Å². The van der Waals surface area contributed by atoms with Crippen molar-refractivity contribution in [3.05, 3.63) is 16.1 Å². The predicted octanol–water partition coefficient (Wildman–Crippen LogP) is 1.53. The minimum atomic E-state index is 0.129. The normalized spacial score (nSPS) is 13.2. The standard InChI is InChI=1S/C9H10BrNO4/c1-13-11-3-5-8(12)6(10)2-7-9(5)15-4-14-7/h2,11-12H,3-4H2,1H3. The van der Waals surface area contributed by atoms with Gasteiger partial charge < -0.3 is 19.4 Å². The van der Waals surface area contributed by atoms with Crippen LogP contribution in [-0.2, 0) is 11.4 Å². The lowest BCUT2D eigenvalue weighted by molar-refractivity contribution is 0.0852. The lowest BCUT2D eigenvalue weighted by Gasteiger charge is -2.09. The highest BCUT2D eigenvalue weighted by molar-refractivity contribution is 9.10. The number of fused-ring (bicyclic) bond motifs is 1. The van der Waals surface area contributed by atoms with Gasteiger partial charge in [0.05, 0.1) is 23.7 Å². The largest absolute Gasteiger partial charge is 0.506 e. The molecular weight excluding hydrogens is 266 g/mol. The summed E-state index contributed by atoms with van der Waals surface area (Å²) in [7, 11) is 1.51. The Balaban J connectivity index is 2.41. The van der Waals surface area contributed by atoms with Crippen LogP contribution in [-0.4, -0.2) is 19.0 Å². The Hall–Kier alpha value is -0.980. The molecule has 0 spiro atoms. The SMILES string of the molecule is CONCc1c(O)c(Br)cc2c1OCO2. The van der Waals surface area contributed by atoms with Crippen LogP contribution in [0.2, 0.25) is 0 Å². The van der Waals surface area contributed by atoms with Crippen LogP contribution >= 0.6 is 15.9 Å². The van der Waals surface area contributed by atoms with Crippen molar-refractivity contribution in [3.63, 3.8) is 0 Å². The number of hydroxylamine groups is 1. The molecule has 1 aliphatic heterocycles. The maximum atomic E-state index is 9.81. The maximum absolute atomic E-state index is 9.81. The Labute approximate surface area is 95.0 Å². The Morgan fingerprint density at radius 2 is 2.40 bits per heavy atom. The molecule has 5 nitrogen and oxygen atoms in total. The van der Waals surface area contributed by atoms with Crippen molar-refractivity contribution in [1.82, 2.24) is 5.48 Å². The first-order chi connectivity index (χ1) is 7.24. The number of ether oxygens (including phenoxy) is 2. The summed E-state index contributed by atoms with van der Waals surface area (Å²) in [5.41, 5.74) is 3.26. The highest BCUT2D eigenvalue weighted by Crippen LogP contribution is 2.44. The van der Waals surface area contributed by atoms with Crippen LogP contribution in [0.1, 0.15) is 5.56 Å². The summed E-state index contributed by atoms with van der Waals surface area (Å²) in [6.07, 6.45) is 0. The van der Waals surface area contributed by atoms with E-state index < -0.39 is 0 Å². The first-order valence-corrected chi connectivity index (χ1v) is 5.09. The van der Waals surface area contributed by atoms with Crippen LogP contribution < -0.4 is 15.0 Å². The van der Waals surface area contributed by atoms with E-state index in [1.54, 1.807) is 6.07 Å². The molecule has 1 aromatic carbocycles. The summed E-state index contributed by atoms with van der Waals surface area (Å²) in [5, 5.41) is 9.81. The van der Waals surface area contributed by atoms with Crippen LogP contribution in [0.3, 0.4) is 0 Å². The van der Waals surface area contributed by atoms with E-state index in [2.05, 4.69) is 21.4 Å². The average molecular weight is 276 g/mol. The number of benzene rings is 1. The summed E-state index contributed by atoms with van der Waals surface area (Å²) < 4.78 is 11.1. The highest BCUT2D eigenvalue weighted by atomic mass is 79.9. The van der Waals surface area contributed by atoms with E-state index in [0.717, 1.165) is 0 Å². The molecule has 1 heterocycles. The fourth-order valence-corrected chi connectivity index (χ4v) is 1.82. The molecule has 0 atom stereocenters. The molecule has 1 aliphatic rings. The first kappa shape index (κ1) is 10.5. The highest BCUT2D eigenvalue weighted by Gasteiger charge is 2.23. The van der Waals surface area contributed by atoms with Crippen molar-refractivity contribution in [1.29, 1.82) is 0 Å². The molecule has 2 N–H and O–H groups in total. The van der Waals surface area contributed by atoms with Gasteiger partial charge in [0.15, 0.2) is 11.5 Å². The van der Waals surface area contributed by atoms with E-state index in [1.807, 2.05) is 0 Å². The number of hydrogen-bond donors (Lipinski definition) is 2. The number of nitrogens with one attached hydrogen (secondary N) is 1. The lowest BCUT2D eigenvalue weighted by Crippen LogP contribution is -2.11. The van der Waals surface area contributed by atoms with Crippen molar-refractivity contribution < 1.29 is 19.4 Å². The van der Waals surface area contributed by atoms with Gasteiger partial charge in [-0.2, -0.15) is 5.48 Å². The summed E-state index contributed by atoms with van der Waals surface area (Å²) in [6, 6.07) is 1.67. The molecule has 0 amide bonds. The first-order valence-electron chi connectivity index (χ1n) is 4.30. The molecule has 0 radical (unpaired) electrons. The van der Waals surface area contributed by atoms with Crippen LogP contribution in [0, 0.1) is 0 Å². The molecule has 1 aromatic rings. The minimum absolute atomic E-state index is 0.129. The molecule has 0 fully saturated rings. The van der Waals surface area contributed by atoms with Gasteiger partial charge in [0.1, 0.15) is 5.75 Å².